The van der Waals surface area contributed by atoms with Crippen LogP contribution in [0.4, 0.5) is 5.69 Å². The standard InChI is InChI=1S/C16H17ClN2O2/c17-15-8-7-12(18)11-14(15)16(20)19-9-4-10-21-13-5-2-1-3-6-13/h1-3,5-8,11H,4,9-10,18H2,(H,19,20). The van der Waals surface area contributed by atoms with Crippen LogP contribution in [-0.4, -0.2) is 19.1 Å². The highest BCUT2D eigenvalue weighted by Gasteiger charge is 2.09. The summed E-state index contributed by atoms with van der Waals surface area (Å²) in [6.45, 7) is 1.05. The van der Waals surface area contributed by atoms with Crippen LogP contribution in [0, 0.1) is 0 Å². The van der Waals surface area contributed by atoms with Gasteiger partial charge >= 0.3 is 0 Å². The van der Waals surface area contributed by atoms with Crippen LogP contribution in [0.3, 0.4) is 0 Å². The molecule has 0 aliphatic heterocycles. The number of ether oxygens (including phenoxy) is 1. The number of hydrogen-bond donors (Lipinski definition) is 2. The van der Waals surface area contributed by atoms with Gasteiger partial charge in [0.05, 0.1) is 17.2 Å². The lowest BCUT2D eigenvalue weighted by Crippen LogP contribution is -2.26. The molecule has 0 aliphatic rings. The molecule has 0 atom stereocenters. The van der Waals surface area contributed by atoms with Gasteiger partial charge < -0.3 is 15.8 Å². The molecular formula is C16H17ClN2O2. The van der Waals surface area contributed by atoms with Crippen molar-refractivity contribution < 1.29 is 9.53 Å². The molecular weight excluding hydrogens is 288 g/mol. The molecule has 3 N–H and O–H groups in total. The summed E-state index contributed by atoms with van der Waals surface area (Å²) in [5, 5.41) is 3.19. The Labute approximate surface area is 128 Å². The third-order valence-electron chi connectivity index (χ3n) is 2.85. The number of carbonyl (C=O) groups is 1. The summed E-state index contributed by atoms with van der Waals surface area (Å²) < 4.78 is 5.54. The minimum absolute atomic E-state index is 0.230. The molecule has 0 radical (unpaired) electrons. The van der Waals surface area contributed by atoms with E-state index in [0.29, 0.717) is 35.8 Å². The summed E-state index contributed by atoms with van der Waals surface area (Å²) in [5.41, 5.74) is 6.55. The second-order valence-electron chi connectivity index (χ2n) is 4.51. The van der Waals surface area contributed by atoms with Gasteiger partial charge in [0.1, 0.15) is 5.75 Å². The molecule has 0 saturated heterocycles. The van der Waals surface area contributed by atoms with Crippen LogP contribution >= 0.6 is 11.6 Å². The second-order valence-corrected chi connectivity index (χ2v) is 4.92. The summed E-state index contributed by atoms with van der Waals surface area (Å²) in [4.78, 5) is 12.0. The molecule has 0 bridgehead atoms. The maximum atomic E-state index is 12.0. The van der Waals surface area contributed by atoms with Crippen molar-refractivity contribution in [3.8, 4) is 5.75 Å². The lowest BCUT2D eigenvalue weighted by Gasteiger charge is -2.08. The summed E-state index contributed by atoms with van der Waals surface area (Å²) in [6.07, 6.45) is 0.709. The van der Waals surface area contributed by atoms with Crippen LogP contribution in [0.15, 0.2) is 48.5 Å². The van der Waals surface area contributed by atoms with Gasteiger partial charge in [0.2, 0.25) is 0 Å². The van der Waals surface area contributed by atoms with Crippen LogP contribution in [-0.2, 0) is 0 Å². The molecule has 5 heteroatoms. The first kappa shape index (κ1) is 15.2. The Morgan fingerprint density at radius 1 is 1.19 bits per heavy atom. The zero-order valence-corrected chi connectivity index (χ0v) is 12.3. The summed E-state index contributed by atoms with van der Waals surface area (Å²) >= 11 is 5.97. The highest BCUT2D eigenvalue weighted by molar-refractivity contribution is 6.34. The Kier molecular flexibility index (Phi) is 5.46. The molecule has 0 aromatic heterocycles. The van der Waals surface area contributed by atoms with Gasteiger partial charge in [-0.25, -0.2) is 0 Å². The number of benzene rings is 2. The van der Waals surface area contributed by atoms with Gasteiger partial charge in [-0.3, -0.25) is 4.79 Å². The topological polar surface area (TPSA) is 64.4 Å². The number of anilines is 1. The van der Waals surface area contributed by atoms with Gasteiger partial charge in [-0.05, 0) is 36.8 Å². The Morgan fingerprint density at radius 3 is 2.71 bits per heavy atom. The lowest BCUT2D eigenvalue weighted by molar-refractivity contribution is 0.0952. The van der Waals surface area contributed by atoms with Crippen molar-refractivity contribution >= 4 is 23.2 Å². The highest BCUT2D eigenvalue weighted by Crippen LogP contribution is 2.18. The molecule has 2 aromatic carbocycles. The number of halogens is 1. The third-order valence-corrected chi connectivity index (χ3v) is 3.18. The van der Waals surface area contributed by atoms with Crippen molar-refractivity contribution in [3.05, 3.63) is 59.1 Å². The predicted octanol–water partition coefficient (Wildman–Crippen LogP) is 3.12. The van der Waals surface area contributed by atoms with Gasteiger partial charge in [0.25, 0.3) is 5.91 Å². The fourth-order valence-electron chi connectivity index (χ4n) is 1.79. The molecule has 0 aliphatic carbocycles. The van der Waals surface area contributed by atoms with Crippen LogP contribution in [0.2, 0.25) is 5.02 Å². The van der Waals surface area contributed by atoms with Crippen LogP contribution in [0.25, 0.3) is 0 Å². The van der Waals surface area contributed by atoms with Crippen molar-refractivity contribution in [2.24, 2.45) is 0 Å². The molecule has 0 saturated carbocycles. The Hall–Kier alpha value is -2.20. The van der Waals surface area contributed by atoms with Crippen molar-refractivity contribution in [2.75, 3.05) is 18.9 Å². The van der Waals surface area contributed by atoms with E-state index in [2.05, 4.69) is 5.32 Å². The molecule has 1 amide bonds. The Balaban J connectivity index is 1.73. The van der Waals surface area contributed by atoms with Crippen molar-refractivity contribution in [1.29, 1.82) is 0 Å². The van der Waals surface area contributed by atoms with Crippen molar-refractivity contribution in [3.63, 3.8) is 0 Å². The average molecular weight is 305 g/mol. The number of nitrogens with one attached hydrogen (secondary N) is 1. The largest absolute Gasteiger partial charge is 0.494 e. The number of nitrogen functional groups attached to an aromatic ring is 1. The minimum atomic E-state index is -0.230. The van der Waals surface area contributed by atoms with E-state index in [-0.39, 0.29) is 5.91 Å². The SMILES string of the molecule is Nc1ccc(Cl)c(C(=O)NCCCOc2ccccc2)c1. The van der Waals surface area contributed by atoms with Crippen LogP contribution < -0.4 is 15.8 Å². The Bertz CT molecular complexity index is 602. The quantitative estimate of drug-likeness (QED) is 0.636. The molecule has 4 nitrogen and oxygen atoms in total. The molecule has 0 fully saturated rings. The Morgan fingerprint density at radius 2 is 1.95 bits per heavy atom. The number of para-hydroxylation sites is 1. The number of rotatable bonds is 6. The van der Waals surface area contributed by atoms with E-state index in [1.165, 1.54) is 0 Å². The zero-order valence-electron chi connectivity index (χ0n) is 11.5. The van der Waals surface area contributed by atoms with Crippen molar-refractivity contribution in [1.82, 2.24) is 5.32 Å². The zero-order chi connectivity index (χ0) is 15.1. The monoisotopic (exact) mass is 304 g/mol. The molecule has 2 rings (SSSR count). The first-order chi connectivity index (χ1) is 10.2. The second kappa shape index (κ2) is 7.55. The van der Waals surface area contributed by atoms with Gasteiger partial charge in [-0.1, -0.05) is 29.8 Å². The van der Waals surface area contributed by atoms with Crippen LogP contribution in [0.1, 0.15) is 16.8 Å². The molecule has 0 spiro atoms. The number of amides is 1. The van der Waals surface area contributed by atoms with Gasteiger partial charge in [-0.15, -0.1) is 0 Å². The molecule has 2 aromatic rings. The lowest BCUT2D eigenvalue weighted by atomic mass is 10.2. The summed E-state index contributed by atoms with van der Waals surface area (Å²) in [6, 6.07) is 14.4. The van der Waals surface area contributed by atoms with E-state index in [4.69, 9.17) is 22.1 Å². The fraction of sp³-hybridized carbons (Fsp3) is 0.188. The average Bonchev–Trinajstić information content (AvgIpc) is 2.50. The molecule has 0 heterocycles. The predicted molar refractivity (Wildman–Crippen MR) is 84.8 cm³/mol. The van der Waals surface area contributed by atoms with Crippen molar-refractivity contribution in [2.45, 2.75) is 6.42 Å². The maximum absolute atomic E-state index is 12.0. The first-order valence-electron chi connectivity index (χ1n) is 6.68. The number of nitrogens with two attached hydrogens (primary N) is 1. The molecule has 21 heavy (non-hydrogen) atoms. The van der Waals surface area contributed by atoms with Gasteiger partial charge in [0, 0.05) is 12.2 Å². The van der Waals surface area contributed by atoms with E-state index in [1.54, 1.807) is 18.2 Å². The normalized spacial score (nSPS) is 10.1. The number of carbonyl (C=O) groups excluding carboxylic acids is 1. The van der Waals surface area contributed by atoms with E-state index >= 15 is 0 Å². The molecule has 0 unspecified atom stereocenters. The minimum Gasteiger partial charge on any atom is -0.494 e. The first-order valence-corrected chi connectivity index (χ1v) is 7.05. The van der Waals surface area contributed by atoms with Gasteiger partial charge in [0.15, 0.2) is 0 Å². The smallest absolute Gasteiger partial charge is 0.252 e. The highest BCUT2D eigenvalue weighted by atomic mass is 35.5. The summed E-state index contributed by atoms with van der Waals surface area (Å²) in [7, 11) is 0. The van der Waals surface area contributed by atoms with E-state index in [0.717, 1.165) is 5.75 Å². The van der Waals surface area contributed by atoms with E-state index in [1.807, 2.05) is 30.3 Å². The third kappa shape index (κ3) is 4.68. The molecule has 110 valence electrons. The van der Waals surface area contributed by atoms with Gasteiger partial charge in [-0.2, -0.15) is 0 Å². The number of hydrogen-bond acceptors (Lipinski definition) is 3. The summed E-state index contributed by atoms with van der Waals surface area (Å²) in [5.74, 6) is 0.592. The maximum Gasteiger partial charge on any atom is 0.252 e. The van der Waals surface area contributed by atoms with E-state index in [9.17, 15) is 4.79 Å². The van der Waals surface area contributed by atoms with Crippen LogP contribution in [0.5, 0.6) is 5.75 Å². The van der Waals surface area contributed by atoms with E-state index < -0.39 is 0 Å². The fourth-order valence-corrected chi connectivity index (χ4v) is 2.00.